The Balaban J connectivity index is 0.00000162. The van der Waals surface area contributed by atoms with Gasteiger partial charge >= 0.3 is 0 Å². The van der Waals surface area contributed by atoms with E-state index in [4.69, 9.17) is 17.3 Å². The Morgan fingerprint density at radius 3 is 2.11 bits per heavy atom. The van der Waals surface area contributed by atoms with Crippen LogP contribution in [0, 0.1) is 5.82 Å². The first-order valence-corrected chi connectivity index (χ1v) is 5.78. The van der Waals surface area contributed by atoms with Gasteiger partial charge in [-0.2, -0.15) is 0 Å². The molecule has 0 amide bonds. The first kappa shape index (κ1) is 15.0. The van der Waals surface area contributed by atoms with Gasteiger partial charge in [-0.1, -0.05) is 35.9 Å². The summed E-state index contributed by atoms with van der Waals surface area (Å²) in [5, 5.41) is 0.712. The number of hydrogen-bond donors (Lipinski definition) is 1. The highest BCUT2D eigenvalue weighted by Gasteiger charge is 2.07. The molecular formula is C14H14Cl2FN. The van der Waals surface area contributed by atoms with Gasteiger partial charge in [-0.15, -0.1) is 12.4 Å². The Hall–Kier alpha value is -1.09. The van der Waals surface area contributed by atoms with Gasteiger partial charge in [-0.25, -0.2) is 4.39 Å². The topological polar surface area (TPSA) is 26.0 Å². The Kier molecular flexibility index (Phi) is 5.60. The third kappa shape index (κ3) is 3.98. The molecule has 0 aliphatic rings. The van der Waals surface area contributed by atoms with E-state index in [0.29, 0.717) is 11.4 Å². The molecule has 1 atom stereocenters. The fourth-order valence-corrected chi connectivity index (χ4v) is 1.83. The molecule has 2 rings (SSSR count). The summed E-state index contributed by atoms with van der Waals surface area (Å²) in [5.41, 5.74) is 8.11. The summed E-state index contributed by atoms with van der Waals surface area (Å²) in [4.78, 5) is 0. The normalized spacial score (nSPS) is 11.7. The second-order valence-corrected chi connectivity index (χ2v) is 4.43. The number of nitrogens with two attached hydrogens (primary N) is 1. The van der Waals surface area contributed by atoms with Gasteiger partial charge in [0.1, 0.15) is 5.82 Å². The van der Waals surface area contributed by atoms with Gasteiger partial charge in [-0.3, -0.25) is 0 Å². The standard InChI is InChI=1S/C14H13ClFN.ClH/c15-12-5-1-10(2-6-12)9-14(17)11-3-7-13(16)8-4-11;/h1-8,14H,9,17H2;1H. The van der Waals surface area contributed by atoms with Gasteiger partial charge in [-0.05, 0) is 41.8 Å². The van der Waals surface area contributed by atoms with Crippen molar-refractivity contribution in [1.82, 2.24) is 0 Å². The second kappa shape index (κ2) is 6.74. The number of halogens is 3. The Labute approximate surface area is 117 Å². The van der Waals surface area contributed by atoms with Gasteiger partial charge in [0, 0.05) is 11.1 Å². The summed E-state index contributed by atoms with van der Waals surface area (Å²) in [6, 6.07) is 13.7. The molecule has 18 heavy (non-hydrogen) atoms. The third-order valence-corrected chi connectivity index (χ3v) is 2.92. The van der Waals surface area contributed by atoms with Crippen molar-refractivity contribution in [3.05, 3.63) is 70.5 Å². The van der Waals surface area contributed by atoms with Crippen LogP contribution < -0.4 is 5.73 Å². The van der Waals surface area contributed by atoms with Crippen molar-refractivity contribution < 1.29 is 4.39 Å². The highest BCUT2D eigenvalue weighted by Crippen LogP contribution is 2.18. The molecule has 2 N–H and O–H groups in total. The Morgan fingerprint density at radius 1 is 1.00 bits per heavy atom. The van der Waals surface area contributed by atoms with E-state index in [1.807, 2.05) is 24.3 Å². The third-order valence-electron chi connectivity index (χ3n) is 2.67. The van der Waals surface area contributed by atoms with Crippen LogP contribution in [0.3, 0.4) is 0 Å². The number of benzene rings is 2. The monoisotopic (exact) mass is 285 g/mol. The molecule has 0 saturated carbocycles. The molecular weight excluding hydrogens is 272 g/mol. The largest absolute Gasteiger partial charge is 0.324 e. The predicted molar refractivity (Wildman–Crippen MR) is 75.7 cm³/mol. The highest BCUT2D eigenvalue weighted by atomic mass is 35.5. The van der Waals surface area contributed by atoms with Crippen molar-refractivity contribution >= 4 is 24.0 Å². The minimum Gasteiger partial charge on any atom is -0.324 e. The quantitative estimate of drug-likeness (QED) is 0.901. The van der Waals surface area contributed by atoms with Crippen LogP contribution in [0.1, 0.15) is 17.2 Å². The molecule has 0 saturated heterocycles. The van der Waals surface area contributed by atoms with E-state index in [1.54, 1.807) is 12.1 Å². The van der Waals surface area contributed by atoms with Crippen molar-refractivity contribution in [1.29, 1.82) is 0 Å². The smallest absolute Gasteiger partial charge is 0.123 e. The number of rotatable bonds is 3. The first-order chi connectivity index (χ1) is 8.15. The minimum absolute atomic E-state index is 0. The van der Waals surface area contributed by atoms with E-state index >= 15 is 0 Å². The van der Waals surface area contributed by atoms with Gasteiger partial charge in [0.25, 0.3) is 0 Å². The summed E-state index contributed by atoms with van der Waals surface area (Å²) in [7, 11) is 0. The van der Waals surface area contributed by atoms with Crippen molar-refractivity contribution in [2.24, 2.45) is 5.73 Å². The molecule has 2 aromatic rings. The van der Waals surface area contributed by atoms with E-state index in [2.05, 4.69) is 0 Å². The van der Waals surface area contributed by atoms with Crippen molar-refractivity contribution in [2.75, 3.05) is 0 Å². The summed E-state index contributed by atoms with van der Waals surface area (Å²) >= 11 is 5.81. The maximum Gasteiger partial charge on any atom is 0.123 e. The first-order valence-electron chi connectivity index (χ1n) is 5.40. The fourth-order valence-electron chi connectivity index (χ4n) is 1.70. The van der Waals surface area contributed by atoms with Crippen molar-refractivity contribution in [3.63, 3.8) is 0 Å². The zero-order valence-corrected chi connectivity index (χ0v) is 11.2. The second-order valence-electron chi connectivity index (χ2n) is 3.99. The zero-order chi connectivity index (χ0) is 12.3. The van der Waals surface area contributed by atoms with Gasteiger partial charge in [0.15, 0.2) is 0 Å². The van der Waals surface area contributed by atoms with Crippen LogP contribution in [-0.4, -0.2) is 0 Å². The lowest BCUT2D eigenvalue weighted by Gasteiger charge is -2.12. The lowest BCUT2D eigenvalue weighted by Crippen LogP contribution is -2.13. The lowest BCUT2D eigenvalue weighted by molar-refractivity contribution is 0.624. The van der Waals surface area contributed by atoms with Crippen LogP contribution in [0.5, 0.6) is 0 Å². The highest BCUT2D eigenvalue weighted by molar-refractivity contribution is 6.30. The van der Waals surface area contributed by atoms with E-state index in [-0.39, 0.29) is 24.3 Å². The van der Waals surface area contributed by atoms with Crippen LogP contribution in [-0.2, 0) is 6.42 Å². The van der Waals surface area contributed by atoms with Crippen molar-refractivity contribution in [3.8, 4) is 0 Å². The molecule has 0 radical (unpaired) electrons. The van der Waals surface area contributed by atoms with Crippen LogP contribution in [0.2, 0.25) is 5.02 Å². The van der Waals surface area contributed by atoms with E-state index in [0.717, 1.165) is 11.1 Å². The molecule has 0 aliphatic carbocycles. The van der Waals surface area contributed by atoms with E-state index in [1.165, 1.54) is 12.1 Å². The summed E-state index contributed by atoms with van der Waals surface area (Å²) in [6.45, 7) is 0. The van der Waals surface area contributed by atoms with Crippen LogP contribution >= 0.6 is 24.0 Å². The number of hydrogen-bond acceptors (Lipinski definition) is 1. The fraction of sp³-hybridized carbons (Fsp3) is 0.143. The van der Waals surface area contributed by atoms with Gasteiger partial charge in [0.2, 0.25) is 0 Å². The SMILES string of the molecule is Cl.NC(Cc1ccc(Cl)cc1)c1ccc(F)cc1. The molecule has 0 fully saturated rings. The molecule has 0 aliphatic heterocycles. The molecule has 0 aromatic heterocycles. The molecule has 0 spiro atoms. The Bertz CT molecular complexity index is 482. The maximum atomic E-state index is 12.8. The maximum absolute atomic E-state index is 12.8. The molecule has 1 unspecified atom stereocenters. The molecule has 0 bridgehead atoms. The average Bonchev–Trinajstić information content (AvgIpc) is 2.33. The van der Waals surface area contributed by atoms with E-state index < -0.39 is 0 Å². The van der Waals surface area contributed by atoms with E-state index in [9.17, 15) is 4.39 Å². The van der Waals surface area contributed by atoms with Crippen molar-refractivity contribution in [2.45, 2.75) is 12.5 Å². The molecule has 1 nitrogen and oxygen atoms in total. The van der Waals surface area contributed by atoms with Crippen LogP contribution in [0.4, 0.5) is 4.39 Å². The van der Waals surface area contributed by atoms with Gasteiger partial charge in [0.05, 0.1) is 0 Å². The predicted octanol–water partition coefficient (Wildman–Crippen LogP) is 4.14. The molecule has 96 valence electrons. The average molecular weight is 286 g/mol. The molecule has 4 heteroatoms. The van der Waals surface area contributed by atoms with Gasteiger partial charge < -0.3 is 5.73 Å². The Morgan fingerprint density at radius 2 is 1.56 bits per heavy atom. The minimum atomic E-state index is -0.243. The molecule has 0 heterocycles. The zero-order valence-electron chi connectivity index (χ0n) is 9.64. The van der Waals surface area contributed by atoms with Crippen LogP contribution in [0.25, 0.3) is 0 Å². The summed E-state index contributed by atoms with van der Waals surface area (Å²) in [5.74, 6) is -0.243. The molecule has 2 aromatic carbocycles. The summed E-state index contributed by atoms with van der Waals surface area (Å²) in [6.07, 6.45) is 0.711. The summed E-state index contributed by atoms with van der Waals surface area (Å²) < 4.78 is 12.8. The van der Waals surface area contributed by atoms with Crippen LogP contribution in [0.15, 0.2) is 48.5 Å². The lowest BCUT2D eigenvalue weighted by atomic mass is 10.00.